The van der Waals surface area contributed by atoms with Crippen molar-refractivity contribution >= 4 is 36.8 Å². The summed E-state index contributed by atoms with van der Waals surface area (Å²) in [5, 5.41) is 4.34. The van der Waals surface area contributed by atoms with Gasteiger partial charge in [0, 0.05) is 18.3 Å². The Bertz CT molecular complexity index is 1060. The quantitative estimate of drug-likeness (QED) is 0.207. The summed E-state index contributed by atoms with van der Waals surface area (Å²) in [5.74, 6) is 0.968. The molecule has 6 nitrogen and oxygen atoms in total. The fourth-order valence-corrected chi connectivity index (χ4v) is 5.64. The van der Waals surface area contributed by atoms with Crippen LogP contribution in [0.2, 0.25) is 18.1 Å². The number of rotatable bonds is 10. The second-order valence-corrected chi connectivity index (χ2v) is 16.5. The van der Waals surface area contributed by atoms with Gasteiger partial charge in [-0.15, -0.1) is 0 Å². The van der Waals surface area contributed by atoms with Gasteiger partial charge in [-0.25, -0.2) is 0 Å². The summed E-state index contributed by atoms with van der Waals surface area (Å²) in [6, 6.07) is 5.47. The monoisotopic (exact) mass is 530 g/mol. The van der Waals surface area contributed by atoms with E-state index >= 15 is 0 Å². The average molecular weight is 531 g/mol. The van der Waals surface area contributed by atoms with Crippen LogP contribution in [-0.2, 0) is 4.43 Å². The Balaban J connectivity index is 1.89. The number of anilines is 1. The van der Waals surface area contributed by atoms with E-state index in [1.165, 1.54) is 11.1 Å². The van der Waals surface area contributed by atoms with Crippen molar-refractivity contribution in [1.82, 2.24) is 4.90 Å². The number of nitrogens with two attached hydrogens (primary N) is 1. The second-order valence-electron chi connectivity index (χ2n) is 10.9. The van der Waals surface area contributed by atoms with Gasteiger partial charge < -0.3 is 24.5 Å². The number of unbranched alkanes of at least 4 members (excludes halogenated alkanes) is 1. The zero-order chi connectivity index (χ0) is 26.5. The van der Waals surface area contributed by atoms with E-state index in [4.69, 9.17) is 19.6 Å². The summed E-state index contributed by atoms with van der Waals surface area (Å²) in [5.41, 5.74) is 9.69. The van der Waals surface area contributed by atoms with Crippen LogP contribution in [0.25, 0.3) is 5.57 Å². The highest BCUT2D eigenvalue weighted by molar-refractivity contribution is 7.08. The van der Waals surface area contributed by atoms with Crippen molar-refractivity contribution in [2.24, 2.45) is 0 Å². The summed E-state index contributed by atoms with van der Waals surface area (Å²) >= 11 is 1.69. The molecule has 8 heteroatoms. The zero-order valence-electron chi connectivity index (χ0n) is 22.8. The molecule has 1 aromatic carbocycles. The maximum atomic E-state index is 13.9. The molecule has 2 N–H and O–H groups in total. The van der Waals surface area contributed by atoms with Crippen LogP contribution in [0.5, 0.6) is 11.5 Å². The molecule has 0 unspecified atom stereocenters. The van der Waals surface area contributed by atoms with Crippen LogP contribution in [-0.4, -0.2) is 52.0 Å². The highest BCUT2D eigenvalue weighted by atomic mass is 32.1. The van der Waals surface area contributed by atoms with Crippen LogP contribution in [0.3, 0.4) is 0 Å². The van der Waals surface area contributed by atoms with Crippen LogP contribution in [0.1, 0.15) is 62.9 Å². The standard InChI is InChI=1S/C28H42N2O4SSi/c1-8-9-13-33-26-17-24(29)23(16-25(26)32-5)27(31)30-12-10-20(21-11-14-35-19-21)15-22(30)18-34-36(6,7)28(2,3)4/h10-11,14,16-17,19,22H,8-9,12-13,15,18,29H2,1-7H3/t22-/m0/s1. The lowest BCUT2D eigenvalue weighted by atomic mass is 9.95. The molecule has 1 aliphatic heterocycles. The van der Waals surface area contributed by atoms with Gasteiger partial charge in [0.25, 0.3) is 5.91 Å². The fraction of sp³-hybridized carbons (Fsp3) is 0.536. The van der Waals surface area contributed by atoms with Crippen molar-refractivity contribution < 1.29 is 18.7 Å². The topological polar surface area (TPSA) is 74.0 Å². The smallest absolute Gasteiger partial charge is 0.256 e. The fourth-order valence-electron chi connectivity index (χ4n) is 3.92. The predicted octanol–water partition coefficient (Wildman–Crippen LogP) is 6.84. The molecule has 0 saturated carbocycles. The van der Waals surface area contributed by atoms with Crippen LogP contribution >= 0.6 is 11.3 Å². The van der Waals surface area contributed by atoms with Gasteiger partial charge in [-0.1, -0.05) is 40.2 Å². The van der Waals surface area contributed by atoms with Gasteiger partial charge in [0.1, 0.15) is 0 Å². The second kappa shape index (κ2) is 11.8. The predicted molar refractivity (Wildman–Crippen MR) is 153 cm³/mol. The molecular formula is C28H42N2O4SSi. The van der Waals surface area contributed by atoms with E-state index < -0.39 is 8.32 Å². The van der Waals surface area contributed by atoms with E-state index in [2.05, 4.69) is 63.7 Å². The van der Waals surface area contributed by atoms with E-state index in [9.17, 15) is 4.79 Å². The minimum absolute atomic E-state index is 0.0857. The van der Waals surface area contributed by atoms with Gasteiger partial charge in [0.2, 0.25) is 0 Å². The van der Waals surface area contributed by atoms with Crippen molar-refractivity contribution in [3.05, 3.63) is 46.2 Å². The van der Waals surface area contributed by atoms with Crippen molar-refractivity contribution in [1.29, 1.82) is 0 Å². The molecule has 0 bridgehead atoms. The molecule has 1 aromatic heterocycles. The minimum atomic E-state index is -1.99. The van der Waals surface area contributed by atoms with E-state index in [-0.39, 0.29) is 17.0 Å². The zero-order valence-corrected chi connectivity index (χ0v) is 24.7. The van der Waals surface area contributed by atoms with Crippen LogP contribution in [0.4, 0.5) is 5.69 Å². The number of amides is 1. The lowest BCUT2D eigenvalue weighted by molar-refractivity contribution is 0.0627. The summed E-state index contributed by atoms with van der Waals surface area (Å²) < 4.78 is 18.0. The molecule has 0 saturated heterocycles. The number of hydrogen-bond acceptors (Lipinski definition) is 6. The maximum absolute atomic E-state index is 13.9. The number of hydrogen-bond donors (Lipinski definition) is 1. The third-order valence-electron chi connectivity index (χ3n) is 7.35. The van der Waals surface area contributed by atoms with Gasteiger partial charge in [0.05, 0.1) is 31.9 Å². The Morgan fingerprint density at radius 1 is 1.25 bits per heavy atom. The van der Waals surface area contributed by atoms with Crippen molar-refractivity contribution in [2.45, 2.75) is 71.1 Å². The number of carbonyl (C=O) groups is 1. The van der Waals surface area contributed by atoms with Gasteiger partial charge in [-0.05, 0) is 65.0 Å². The van der Waals surface area contributed by atoms with Gasteiger partial charge in [-0.3, -0.25) is 4.79 Å². The molecule has 1 aliphatic rings. The molecule has 0 spiro atoms. The Morgan fingerprint density at radius 3 is 2.61 bits per heavy atom. The molecule has 2 aromatic rings. The van der Waals surface area contributed by atoms with E-state index in [1.54, 1.807) is 30.6 Å². The molecule has 0 radical (unpaired) electrons. The number of ether oxygens (including phenoxy) is 2. The molecule has 3 rings (SSSR count). The van der Waals surface area contributed by atoms with Crippen LogP contribution in [0, 0.1) is 0 Å². The summed E-state index contributed by atoms with van der Waals surface area (Å²) in [6.07, 6.45) is 4.86. The first kappa shape index (κ1) is 28.3. The summed E-state index contributed by atoms with van der Waals surface area (Å²) in [6.45, 7) is 14.9. The van der Waals surface area contributed by atoms with Crippen molar-refractivity contribution in [3.8, 4) is 11.5 Å². The lowest BCUT2D eigenvalue weighted by Crippen LogP contribution is -2.49. The van der Waals surface area contributed by atoms with Crippen LogP contribution in [0.15, 0.2) is 35.0 Å². The summed E-state index contributed by atoms with van der Waals surface area (Å²) in [4.78, 5) is 15.8. The van der Waals surface area contributed by atoms with E-state index in [1.807, 2.05) is 4.90 Å². The number of thiophene rings is 1. The lowest BCUT2D eigenvalue weighted by Gasteiger charge is -2.41. The van der Waals surface area contributed by atoms with Crippen LogP contribution < -0.4 is 15.2 Å². The first-order valence-corrected chi connectivity index (χ1v) is 16.6. The molecule has 1 amide bonds. The van der Waals surface area contributed by atoms with Crippen molar-refractivity contribution in [3.63, 3.8) is 0 Å². The molecule has 198 valence electrons. The molecular weight excluding hydrogens is 488 g/mol. The Labute approximate surface area is 221 Å². The molecule has 0 aliphatic carbocycles. The highest BCUT2D eigenvalue weighted by Crippen LogP contribution is 2.38. The Morgan fingerprint density at radius 2 is 2.00 bits per heavy atom. The third kappa shape index (κ3) is 6.52. The third-order valence-corrected chi connectivity index (χ3v) is 12.5. The van der Waals surface area contributed by atoms with Gasteiger partial charge >= 0.3 is 0 Å². The van der Waals surface area contributed by atoms with Crippen molar-refractivity contribution in [2.75, 3.05) is 32.6 Å². The van der Waals surface area contributed by atoms with Gasteiger partial charge in [0.15, 0.2) is 19.8 Å². The summed E-state index contributed by atoms with van der Waals surface area (Å²) in [7, 11) is -0.404. The largest absolute Gasteiger partial charge is 0.493 e. The number of carbonyl (C=O) groups excluding carboxylic acids is 1. The van der Waals surface area contributed by atoms with E-state index in [0.717, 1.165) is 19.3 Å². The number of methoxy groups -OCH3 is 1. The first-order chi connectivity index (χ1) is 17.0. The maximum Gasteiger partial charge on any atom is 0.256 e. The number of nitrogen functional groups attached to an aromatic ring is 1. The first-order valence-electron chi connectivity index (χ1n) is 12.7. The highest BCUT2D eigenvalue weighted by Gasteiger charge is 2.39. The SMILES string of the molecule is CCCCOc1cc(N)c(C(=O)N2CC=C(c3ccsc3)C[C@H]2CO[Si](C)(C)C(C)(C)C)cc1OC. The number of benzene rings is 1. The molecule has 2 heterocycles. The van der Waals surface area contributed by atoms with Gasteiger partial charge in [-0.2, -0.15) is 11.3 Å². The Hall–Kier alpha value is -2.29. The Kier molecular flexibility index (Phi) is 9.30. The molecule has 0 fully saturated rings. The molecule has 1 atom stereocenters. The number of nitrogens with zero attached hydrogens (tertiary/aromatic N) is 1. The minimum Gasteiger partial charge on any atom is -0.493 e. The average Bonchev–Trinajstić information content (AvgIpc) is 3.37. The molecule has 36 heavy (non-hydrogen) atoms. The van der Waals surface area contributed by atoms with E-state index in [0.29, 0.717) is 42.5 Å². The normalized spacial score (nSPS) is 16.6.